The molecule has 0 aliphatic carbocycles. The molecule has 1 heterocycles. The monoisotopic (exact) mass is 258 g/mol. The van der Waals surface area contributed by atoms with E-state index in [4.69, 9.17) is 5.11 Å². The Balaban J connectivity index is 1.74. The molecular formula is C14H16N3O2+. The molecule has 1 aromatic rings. The zero-order chi connectivity index (χ0) is 13.5. The maximum absolute atomic E-state index is 10.4. The highest BCUT2D eigenvalue weighted by Crippen LogP contribution is 2.19. The second-order valence-corrected chi connectivity index (χ2v) is 4.47. The Labute approximate surface area is 112 Å². The third kappa shape index (κ3) is 4.21. The number of hydrogen-bond acceptors (Lipinski definition) is 4. The van der Waals surface area contributed by atoms with E-state index >= 15 is 0 Å². The normalized spacial score (nSPS) is 13.2. The molecule has 1 aliphatic heterocycles. The number of unbranched alkanes of at least 4 members (excludes halogenated alkanes) is 2. The molecule has 1 aromatic carbocycles. The van der Waals surface area contributed by atoms with Gasteiger partial charge in [0, 0.05) is 18.6 Å². The molecule has 0 saturated heterocycles. The van der Waals surface area contributed by atoms with Crippen molar-refractivity contribution < 1.29 is 9.90 Å². The molecule has 0 amide bonds. The number of hydrogen-bond donors (Lipinski definition) is 1. The zero-order valence-corrected chi connectivity index (χ0v) is 10.6. The van der Waals surface area contributed by atoms with Crippen LogP contribution in [-0.4, -0.2) is 17.3 Å². The van der Waals surface area contributed by atoms with Crippen molar-refractivity contribution >= 4 is 12.2 Å². The van der Waals surface area contributed by atoms with Crippen LogP contribution in [0.5, 0.6) is 0 Å². The lowest BCUT2D eigenvalue weighted by Crippen LogP contribution is -1.96. The van der Waals surface area contributed by atoms with E-state index in [1.807, 2.05) is 12.1 Å². The Hall–Kier alpha value is -2.17. The largest absolute Gasteiger partial charge is 0.481 e. The van der Waals surface area contributed by atoms with Crippen molar-refractivity contribution in [3.63, 3.8) is 0 Å². The number of carboxylic acids is 1. The lowest BCUT2D eigenvalue weighted by atomic mass is 10.0. The smallest absolute Gasteiger partial charge is 0.303 e. The average Bonchev–Trinajstić information content (AvgIpc) is 2.93. The summed E-state index contributed by atoms with van der Waals surface area (Å²) in [6.45, 7) is 0. The van der Waals surface area contributed by atoms with Crippen LogP contribution in [0.25, 0.3) is 0 Å². The molecular weight excluding hydrogens is 242 g/mol. The van der Waals surface area contributed by atoms with Gasteiger partial charge in [0.1, 0.15) is 6.21 Å². The van der Waals surface area contributed by atoms with E-state index in [1.54, 1.807) is 6.21 Å². The van der Waals surface area contributed by atoms with Crippen LogP contribution in [-0.2, 0) is 11.2 Å². The predicted molar refractivity (Wildman–Crippen MR) is 71.9 cm³/mol. The van der Waals surface area contributed by atoms with Gasteiger partial charge in [0.2, 0.25) is 6.04 Å². The van der Waals surface area contributed by atoms with Gasteiger partial charge in [-0.05, 0) is 42.2 Å². The third-order valence-electron chi connectivity index (χ3n) is 2.99. The van der Waals surface area contributed by atoms with Crippen molar-refractivity contribution in [1.29, 1.82) is 0 Å². The fourth-order valence-corrected chi connectivity index (χ4v) is 1.94. The van der Waals surface area contributed by atoms with Gasteiger partial charge in [0.25, 0.3) is 0 Å². The quantitative estimate of drug-likeness (QED) is 0.602. The number of carbonyl (C=O) groups is 1. The molecule has 0 aromatic heterocycles. The Kier molecular flexibility index (Phi) is 4.66. The first-order valence-corrected chi connectivity index (χ1v) is 6.38. The highest BCUT2D eigenvalue weighted by Gasteiger charge is 2.20. The Morgan fingerprint density at radius 2 is 1.95 bits per heavy atom. The highest BCUT2D eigenvalue weighted by atomic mass is 16.4. The number of nitrogens with zero attached hydrogens (tertiary/aromatic N) is 3. The summed E-state index contributed by atoms with van der Waals surface area (Å²) in [6, 6.07) is 8.95. The lowest BCUT2D eigenvalue weighted by Gasteiger charge is -2.00. The van der Waals surface area contributed by atoms with Crippen LogP contribution < -0.4 is 0 Å². The van der Waals surface area contributed by atoms with Crippen LogP contribution in [0.4, 0.5) is 0 Å². The van der Waals surface area contributed by atoms with Crippen LogP contribution in [0.1, 0.15) is 36.8 Å². The Morgan fingerprint density at radius 1 is 1.16 bits per heavy atom. The molecule has 19 heavy (non-hydrogen) atoms. The first-order chi connectivity index (χ1) is 9.25. The first-order valence-electron chi connectivity index (χ1n) is 6.38. The van der Waals surface area contributed by atoms with Crippen molar-refractivity contribution in [3.8, 4) is 0 Å². The van der Waals surface area contributed by atoms with Gasteiger partial charge in [-0.2, -0.15) is 0 Å². The van der Waals surface area contributed by atoms with E-state index in [2.05, 4.69) is 27.6 Å². The van der Waals surface area contributed by atoms with Gasteiger partial charge < -0.3 is 5.11 Å². The average molecular weight is 258 g/mol. The summed E-state index contributed by atoms with van der Waals surface area (Å²) >= 11 is 0. The molecule has 0 atom stereocenters. The van der Waals surface area contributed by atoms with E-state index in [1.165, 1.54) is 5.56 Å². The summed E-state index contributed by atoms with van der Waals surface area (Å²) in [5.74, 6) is -0.714. The minimum Gasteiger partial charge on any atom is -0.481 e. The van der Waals surface area contributed by atoms with E-state index in [0.29, 0.717) is 0 Å². The van der Waals surface area contributed by atoms with Crippen molar-refractivity contribution in [2.24, 2.45) is 15.4 Å². The molecule has 0 saturated carbocycles. The summed E-state index contributed by atoms with van der Waals surface area (Å²) in [6.07, 6.45) is 5.60. The van der Waals surface area contributed by atoms with Crippen molar-refractivity contribution in [3.05, 3.63) is 41.4 Å². The van der Waals surface area contributed by atoms with E-state index in [-0.39, 0.29) is 6.42 Å². The van der Waals surface area contributed by atoms with Crippen LogP contribution >= 0.6 is 0 Å². The highest BCUT2D eigenvalue weighted by molar-refractivity contribution is 5.80. The van der Waals surface area contributed by atoms with Gasteiger partial charge in [-0.3, -0.25) is 4.79 Å². The lowest BCUT2D eigenvalue weighted by molar-refractivity contribution is -0.137. The molecule has 98 valence electrons. The van der Waals surface area contributed by atoms with Crippen molar-refractivity contribution in [1.82, 2.24) is 0 Å². The van der Waals surface area contributed by atoms with Gasteiger partial charge in [-0.15, -0.1) is 5.10 Å². The third-order valence-corrected chi connectivity index (χ3v) is 2.99. The molecule has 0 fully saturated rings. The summed E-state index contributed by atoms with van der Waals surface area (Å²) in [5.41, 5.74) is 2.27. The summed E-state index contributed by atoms with van der Waals surface area (Å²) in [5, 5.41) is 19.7. The van der Waals surface area contributed by atoms with Crippen LogP contribution in [0.3, 0.4) is 0 Å². The topological polar surface area (TPSA) is 74.4 Å². The van der Waals surface area contributed by atoms with Crippen LogP contribution in [0.2, 0.25) is 0 Å². The van der Waals surface area contributed by atoms with Gasteiger partial charge in [0.15, 0.2) is 5.56 Å². The SMILES string of the molecule is O=C(O)CCCCCc1ccc([C+]2C=NN=N2)cc1. The van der Waals surface area contributed by atoms with Gasteiger partial charge in [0.05, 0.1) is 0 Å². The first kappa shape index (κ1) is 13.3. The van der Waals surface area contributed by atoms with E-state index < -0.39 is 5.97 Å². The van der Waals surface area contributed by atoms with Gasteiger partial charge >= 0.3 is 5.97 Å². The molecule has 1 aliphatic rings. The maximum atomic E-state index is 10.4. The summed E-state index contributed by atoms with van der Waals surface area (Å²) < 4.78 is 0. The second kappa shape index (κ2) is 6.68. The standard InChI is InChI=1S/C14H15N3O2/c18-14(19)5-3-1-2-4-11-6-8-12(9-7-11)13-10-15-17-16-13/h6-10H,1-5H2/p+1. The maximum Gasteiger partial charge on any atom is 0.303 e. The van der Waals surface area contributed by atoms with Gasteiger partial charge in [-0.25, -0.2) is 0 Å². The van der Waals surface area contributed by atoms with Crippen molar-refractivity contribution in [2.45, 2.75) is 32.1 Å². The van der Waals surface area contributed by atoms with E-state index in [9.17, 15) is 4.79 Å². The van der Waals surface area contributed by atoms with Crippen molar-refractivity contribution in [2.75, 3.05) is 0 Å². The fraction of sp³-hybridized carbons (Fsp3) is 0.357. The number of aryl methyl sites for hydroxylation is 1. The molecule has 1 N–H and O–H groups in total. The second-order valence-electron chi connectivity index (χ2n) is 4.47. The van der Waals surface area contributed by atoms with E-state index in [0.717, 1.165) is 37.3 Å². The predicted octanol–water partition coefficient (Wildman–Crippen LogP) is 3.21. The zero-order valence-electron chi connectivity index (χ0n) is 10.6. The number of carboxylic acid groups (broad SMARTS) is 1. The molecule has 0 unspecified atom stereocenters. The molecule has 0 bridgehead atoms. The Morgan fingerprint density at radius 3 is 2.58 bits per heavy atom. The molecule has 0 spiro atoms. The van der Waals surface area contributed by atoms with Crippen LogP contribution in [0.15, 0.2) is 39.7 Å². The molecule has 5 heteroatoms. The minimum absolute atomic E-state index is 0.265. The number of rotatable bonds is 7. The minimum atomic E-state index is -0.714. The Bertz CT molecular complexity index is 468. The van der Waals surface area contributed by atoms with Gasteiger partial charge in [-0.1, -0.05) is 11.5 Å². The summed E-state index contributed by atoms with van der Waals surface area (Å²) in [4.78, 5) is 10.4. The molecule has 0 radical (unpaired) electrons. The fourth-order valence-electron chi connectivity index (χ4n) is 1.94. The number of benzene rings is 1. The number of aliphatic carboxylic acids is 1. The molecule has 5 nitrogen and oxygen atoms in total. The summed E-state index contributed by atoms with van der Waals surface area (Å²) in [7, 11) is 0. The molecule has 2 rings (SSSR count). The van der Waals surface area contributed by atoms with Crippen LogP contribution in [0, 0.1) is 6.04 Å².